The molecule has 0 fully saturated rings. The zero-order valence-corrected chi connectivity index (χ0v) is 24.4. The molecule has 3 aromatic carbocycles. The van der Waals surface area contributed by atoms with Gasteiger partial charge in [-0.05, 0) is 52.2 Å². The van der Waals surface area contributed by atoms with Gasteiger partial charge in [-0.1, -0.05) is 90.1 Å². The number of carbonyl (C=O) groups is 3. The fourth-order valence-corrected chi connectivity index (χ4v) is 5.71. The SMILES string of the molecule is CC(C)(C)c1cc(CCCSCC(=O)Nc2cccc3c2C(=O)c2ccccc2C3=O)cc(C(C)(C)C)c1O. The van der Waals surface area contributed by atoms with Crippen LogP contribution in [0.1, 0.15) is 96.5 Å². The van der Waals surface area contributed by atoms with Gasteiger partial charge in [0, 0.05) is 16.7 Å². The van der Waals surface area contributed by atoms with Crippen molar-refractivity contribution in [2.45, 2.75) is 65.2 Å². The molecule has 1 aliphatic carbocycles. The Morgan fingerprint density at radius 3 is 1.97 bits per heavy atom. The molecule has 0 aromatic heterocycles. The lowest BCUT2D eigenvalue weighted by Crippen LogP contribution is -2.24. The predicted molar refractivity (Wildman–Crippen MR) is 160 cm³/mol. The second-order valence-corrected chi connectivity index (χ2v) is 13.3. The largest absolute Gasteiger partial charge is 0.507 e. The topological polar surface area (TPSA) is 83.5 Å². The number of rotatable bonds is 7. The van der Waals surface area contributed by atoms with E-state index in [2.05, 4.69) is 59.0 Å². The quantitative estimate of drug-likeness (QED) is 0.244. The molecule has 0 saturated carbocycles. The van der Waals surface area contributed by atoms with Crippen LogP contribution in [0.5, 0.6) is 5.75 Å². The minimum atomic E-state index is -0.248. The van der Waals surface area contributed by atoms with E-state index in [0.717, 1.165) is 29.7 Å². The third-order valence-electron chi connectivity index (χ3n) is 7.00. The number of amides is 1. The highest BCUT2D eigenvalue weighted by atomic mass is 32.2. The zero-order valence-electron chi connectivity index (χ0n) is 23.6. The molecule has 39 heavy (non-hydrogen) atoms. The number of carbonyl (C=O) groups excluding carboxylic acids is 3. The number of benzene rings is 3. The monoisotopic (exact) mass is 543 g/mol. The van der Waals surface area contributed by atoms with Crippen molar-refractivity contribution in [2.24, 2.45) is 0 Å². The number of hydrogen-bond acceptors (Lipinski definition) is 5. The van der Waals surface area contributed by atoms with Crippen LogP contribution in [0.25, 0.3) is 0 Å². The number of hydrogen-bond donors (Lipinski definition) is 2. The third kappa shape index (κ3) is 6.11. The van der Waals surface area contributed by atoms with Crippen molar-refractivity contribution in [3.8, 4) is 5.75 Å². The number of aromatic hydroxyl groups is 1. The Labute approximate surface area is 235 Å². The van der Waals surface area contributed by atoms with Gasteiger partial charge in [0.1, 0.15) is 5.75 Å². The fourth-order valence-electron chi connectivity index (χ4n) is 4.96. The summed E-state index contributed by atoms with van der Waals surface area (Å²) in [7, 11) is 0. The number of thioether (sulfide) groups is 1. The van der Waals surface area contributed by atoms with Crippen molar-refractivity contribution in [3.05, 3.63) is 93.5 Å². The van der Waals surface area contributed by atoms with Gasteiger partial charge < -0.3 is 10.4 Å². The molecule has 0 bridgehead atoms. The summed E-state index contributed by atoms with van der Waals surface area (Å²) in [5.41, 5.74) is 4.48. The lowest BCUT2D eigenvalue weighted by Gasteiger charge is -2.28. The third-order valence-corrected chi connectivity index (χ3v) is 8.04. The van der Waals surface area contributed by atoms with Crippen molar-refractivity contribution < 1.29 is 19.5 Å². The van der Waals surface area contributed by atoms with Gasteiger partial charge in [0.05, 0.1) is 17.0 Å². The van der Waals surface area contributed by atoms with Crippen molar-refractivity contribution in [3.63, 3.8) is 0 Å². The summed E-state index contributed by atoms with van der Waals surface area (Å²) in [5, 5.41) is 13.8. The molecule has 1 amide bonds. The van der Waals surface area contributed by atoms with Gasteiger partial charge >= 0.3 is 0 Å². The van der Waals surface area contributed by atoms with Crippen molar-refractivity contribution in [2.75, 3.05) is 16.8 Å². The molecule has 0 radical (unpaired) electrons. The number of phenolic OH excluding ortho intramolecular Hbond substituents is 1. The van der Waals surface area contributed by atoms with Crippen LogP contribution in [0.3, 0.4) is 0 Å². The van der Waals surface area contributed by atoms with Gasteiger partial charge in [0.25, 0.3) is 0 Å². The van der Waals surface area contributed by atoms with Crippen LogP contribution in [0.15, 0.2) is 54.6 Å². The Hall–Kier alpha value is -3.38. The van der Waals surface area contributed by atoms with Crippen LogP contribution in [0.4, 0.5) is 5.69 Å². The molecule has 5 nitrogen and oxygen atoms in total. The first-order chi connectivity index (χ1) is 18.3. The van der Waals surface area contributed by atoms with E-state index in [9.17, 15) is 19.5 Å². The van der Waals surface area contributed by atoms with Gasteiger partial charge in [-0.15, -0.1) is 0 Å². The number of ketones is 2. The predicted octanol–water partition coefficient (Wildman–Crippen LogP) is 7.07. The average Bonchev–Trinajstić information content (AvgIpc) is 2.86. The summed E-state index contributed by atoms with van der Waals surface area (Å²) in [6.45, 7) is 12.7. The van der Waals surface area contributed by atoms with Crippen LogP contribution in [-0.2, 0) is 22.0 Å². The number of aryl methyl sites for hydroxylation is 1. The average molecular weight is 544 g/mol. The highest BCUT2D eigenvalue weighted by Gasteiger charge is 2.31. The maximum atomic E-state index is 13.2. The Balaban J connectivity index is 1.37. The summed E-state index contributed by atoms with van der Waals surface area (Å²) < 4.78 is 0. The summed E-state index contributed by atoms with van der Waals surface area (Å²) in [6, 6.07) is 16.0. The van der Waals surface area contributed by atoms with Crippen LogP contribution in [0, 0.1) is 0 Å². The molecule has 4 rings (SSSR count). The van der Waals surface area contributed by atoms with Crippen LogP contribution < -0.4 is 5.32 Å². The van der Waals surface area contributed by atoms with Crippen molar-refractivity contribution in [1.82, 2.24) is 0 Å². The van der Waals surface area contributed by atoms with Crippen molar-refractivity contribution >= 4 is 34.9 Å². The Bertz CT molecular complexity index is 1410. The van der Waals surface area contributed by atoms with Gasteiger partial charge in [-0.2, -0.15) is 11.8 Å². The first-order valence-electron chi connectivity index (χ1n) is 13.3. The summed E-state index contributed by atoms with van der Waals surface area (Å²) in [6.07, 6.45) is 1.74. The standard InChI is InChI=1S/C33H37NO4S/c1-32(2,3)24-17-20(18-25(31(24)38)33(4,5)6)11-10-16-39-19-27(35)34-26-15-9-14-23-28(26)30(37)22-13-8-7-12-21(22)29(23)36/h7-9,12-15,17-18,38H,10-11,16,19H2,1-6H3,(H,34,35). The zero-order chi connectivity index (χ0) is 28.5. The molecule has 2 N–H and O–H groups in total. The molecule has 0 unspecified atom stereocenters. The lowest BCUT2D eigenvalue weighted by atomic mass is 9.78. The lowest BCUT2D eigenvalue weighted by molar-refractivity contribution is -0.113. The van der Waals surface area contributed by atoms with Gasteiger partial charge in [0.2, 0.25) is 5.91 Å². The molecule has 204 valence electrons. The molecule has 0 atom stereocenters. The molecule has 1 aliphatic rings. The molecular weight excluding hydrogens is 506 g/mol. The molecule has 0 saturated heterocycles. The summed E-state index contributed by atoms with van der Waals surface area (Å²) in [4.78, 5) is 38.9. The van der Waals surface area contributed by atoms with E-state index in [4.69, 9.17) is 0 Å². The number of fused-ring (bicyclic) bond motifs is 2. The first kappa shape index (κ1) is 28.6. The molecule has 0 spiro atoms. The van der Waals surface area contributed by atoms with Gasteiger partial charge in [0.15, 0.2) is 11.6 Å². The smallest absolute Gasteiger partial charge is 0.234 e. The first-order valence-corrected chi connectivity index (χ1v) is 14.5. The van der Waals surface area contributed by atoms with E-state index >= 15 is 0 Å². The highest BCUT2D eigenvalue weighted by molar-refractivity contribution is 7.99. The maximum Gasteiger partial charge on any atom is 0.234 e. The normalized spacial score (nSPS) is 13.2. The van der Waals surface area contributed by atoms with Gasteiger partial charge in [-0.25, -0.2) is 0 Å². The summed E-state index contributed by atoms with van der Waals surface area (Å²) in [5.74, 6) is 0.768. The minimum Gasteiger partial charge on any atom is -0.507 e. The van der Waals surface area contributed by atoms with Crippen molar-refractivity contribution in [1.29, 1.82) is 0 Å². The molecule has 0 aliphatic heterocycles. The fraction of sp³-hybridized carbons (Fsp3) is 0.364. The molecule has 3 aromatic rings. The minimum absolute atomic E-state index is 0.169. The highest BCUT2D eigenvalue weighted by Crippen LogP contribution is 2.40. The summed E-state index contributed by atoms with van der Waals surface area (Å²) >= 11 is 1.54. The molecular formula is C33H37NO4S. The second kappa shape index (κ2) is 11.0. The Morgan fingerprint density at radius 2 is 1.38 bits per heavy atom. The van der Waals surface area contributed by atoms with Crippen LogP contribution in [-0.4, -0.2) is 34.1 Å². The van der Waals surface area contributed by atoms with E-state index in [-0.39, 0.29) is 39.6 Å². The molecule has 0 heterocycles. The Morgan fingerprint density at radius 1 is 0.821 bits per heavy atom. The maximum absolute atomic E-state index is 13.2. The number of anilines is 1. The van der Waals surface area contributed by atoms with Crippen LogP contribution in [0.2, 0.25) is 0 Å². The van der Waals surface area contributed by atoms with E-state index in [1.54, 1.807) is 42.5 Å². The number of phenols is 1. The Kier molecular flexibility index (Phi) is 8.08. The number of nitrogens with one attached hydrogen (secondary N) is 1. The van der Waals surface area contributed by atoms with E-state index in [0.29, 0.717) is 28.1 Å². The second-order valence-electron chi connectivity index (χ2n) is 12.2. The van der Waals surface area contributed by atoms with E-state index in [1.807, 2.05) is 0 Å². The van der Waals surface area contributed by atoms with Gasteiger partial charge in [-0.3, -0.25) is 14.4 Å². The van der Waals surface area contributed by atoms with E-state index < -0.39 is 0 Å². The molecule has 6 heteroatoms. The van der Waals surface area contributed by atoms with Crippen LogP contribution >= 0.6 is 11.8 Å². The van der Waals surface area contributed by atoms with E-state index in [1.165, 1.54) is 17.3 Å².